The van der Waals surface area contributed by atoms with Gasteiger partial charge in [-0.1, -0.05) is 13.3 Å². The molecule has 0 fully saturated rings. The van der Waals surface area contributed by atoms with Crippen LogP contribution in [-0.4, -0.2) is 25.1 Å². The third-order valence-corrected chi connectivity index (χ3v) is 2.08. The number of amides is 1. The number of nitrogens with one attached hydrogen (secondary N) is 1. The Morgan fingerprint density at radius 3 is 2.71 bits per heavy atom. The van der Waals surface area contributed by atoms with E-state index in [1.807, 2.05) is 0 Å². The van der Waals surface area contributed by atoms with Crippen molar-refractivity contribution in [3.8, 4) is 0 Å². The second-order valence-corrected chi connectivity index (χ2v) is 3.54. The first-order valence-corrected chi connectivity index (χ1v) is 5.81. The number of ether oxygens (including phenoxy) is 1. The molecule has 0 aromatic rings. The Hall–Kier alpha value is -0.440. The predicted molar refractivity (Wildman–Crippen MR) is 58.8 cm³/mol. The fourth-order valence-electron chi connectivity index (χ4n) is 0.956. The summed E-state index contributed by atoms with van der Waals surface area (Å²) >= 11 is 5.51. The number of alkyl halides is 1. The van der Waals surface area contributed by atoms with Gasteiger partial charge in [0.15, 0.2) is 0 Å². The first-order chi connectivity index (χ1) is 6.81. The van der Waals surface area contributed by atoms with Crippen molar-refractivity contribution >= 4 is 17.7 Å². The highest BCUT2D eigenvalue weighted by atomic mass is 35.5. The summed E-state index contributed by atoms with van der Waals surface area (Å²) in [6.07, 6.45) is 4.68. The Labute approximate surface area is 91.2 Å². The van der Waals surface area contributed by atoms with Gasteiger partial charge in [-0.05, 0) is 25.7 Å². The van der Waals surface area contributed by atoms with Gasteiger partial charge in [-0.3, -0.25) is 0 Å². The van der Waals surface area contributed by atoms with Crippen LogP contribution >= 0.6 is 11.6 Å². The molecule has 0 saturated carbocycles. The largest absolute Gasteiger partial charge is 0.450 e. The molecule has 0 unspecified atom stereocenters. The van der Waals surface area contributed by atoms with Crippen molar-refractivity contribution in [2.24, 2.45) is 0 Å². The molecule has 0 atom stereocenters. The predicted octanol–water partition coefficient (Wildman–Crippen LogP) is 2.92. The lowest BCUT2D eigenvalue weighted by Gasteiger charge is -2.05. The molecule has 1 amide bonds. The van der Waals surface area contributed by atoms with Gasteiger partial charge < -0.3 is 10.1 Å². The average molecular weight is 222 g/mol. The van der Waals surface area contributed by atoms with Crippen LogP contribution in [0.25, 0.3) is 0 Å². The minimum absolute atomic E-state index is 0.302. The van der Waals surface area contributed by atoms with E-state index < -0.39 is 0 Å². The quantitative estimate of drug-likeness (QED) is 0.506. The fourth-order valence-corrected chi connectivity index (χ4v) is 1.15. The minimum atomic E-state index is -0.302. The van der Waals surface area contributed by atoms with Gasteiger partial charge in [0.05, 0.1) is 6.61 Å². The SMILES string of the molecule is CCCCNC(=O)OCCCCCCl. The van der Waals surface area contributed by atoms with Crippen molar-refractivity contribution in [2.45, 2.75) is 39.0 Å². The van der Waals surface area contributed by atoms with E-state index in [0.29, 0.717) is 19.0 Å². The van der Waals surface area contributed by atoms with E-state index in [1.54, 1.807) is 0 Å². The molecule has 14 heavy (non-hydrogen) atoms. The molecule has 0 heterocycles. The second-order valence-electron chi connectivity index (χ2n) is 3.17. The Balaban J connectivity index is 3.10. The summed E-state index contributed by atoms with van der Waals surface area (Å²) in [7, 11) is 0. The van der Waals surface area contributed by atoms with Crippen molar-refractivity contribution < 1.29 is 9.53 Å². The van der Waals surface area contributed by atoms with Crippen LogP contribution in [-0.2, 0) is 4.74 Å². The molecule has 0 radical (unpaired) electrons. The topological polar surface area (TPSA) is 38.3 Å². The van der Waals surface area contributed by atoms with Crippen LogP contribution in [0.2, 0.25) is 0 Å². The minimum Gasteiger partial charge on any atom is -0.450 e. The lowest BCUT2D eigenvalue weighted by Crippen LogP contribution is -2.25. The summed E-state index contributed by atoms with van der Waals surface area (Å²) in [5, 5.41) is 2.69. The monoisotopic (exact) mass is 221 g/mol. The van der Waals surface area contributed by atoms with Crippen LogP contribution in [0.15, 0.2) is 0 Å². The van der Waals surface area contributed by atoms with E-state index >= 15 is 0 Å². The summed E-state index contributed by atoms with van der Waals surface area (Å²) in [4.78, 5) is 11.0. The lowest BCUT2D eigenvalue weighted by atomic mass is 10.3. The third kappa shape index (κ3) is 9.65. The zero-order valence-electron chi connectivity index (χ0n) is 8.85. The zero-order chi connectivity index (χ0) is 10.6. The Bertz CT molecular complexity index is 142. The first-order valence-electron chi connectivity index (χ1n) is 5.27. The van der Waals surface area contributed by atoms with Crippen LogP contribution in [0, 0.1) is 0 Å². The molecule has 0 aliphatic carbocycles. The maximum absolute atomic E-state index is 11.0. The number of halogens is 1. The number of hydrogen-bond donors (Lipinski definition) is 1. The van der Waals surface area contributed by atoms with Gasteiger partial charge in [0.1, 0.15) is 0 Å². The smallest absolute Gasteiger partial charge is 0.407 e. The van der Waals surface area contributed by atoms with Crippen LogP contribution in [0.5, 0.6) is 0 Å². The first kappa shape index (κ1) is 13.6. The van der Waals surface area contributed by atoms with E-state index in [0.717, 1.165) is 32.1 Å². The van der Waals surface area contributed by atoms with Gasteiger partial charge in [0, 0.05) is 12.4 Å². The molecule has 0 aromatic carbocycles. The molecule has 3 nitrogen and oxygen atoms in total. The lowest BCUT2D eigenvalue weighted by molar-refractivity contribution is 0.144. The van der Waals surface area contributed by atoms with Crippen LogP contribution < -0.4 is 5.32 Å². The molecule has 0 bridgehead atoms. The molecule has 4 heteroatoms. The van der Waals surface area contributed by atoms with Crippen LogP contribution in [0.3, 0.4) is 0 Å². The van der Waals surface area contributed by atoms with Gasteiger partial charge >= 0.3 is 6.09 Å². The number of rotatable bonds is 8. The highest BCUT2D eigenvalue weighted by Gasteiger charge is 1.99. The van der Waals surface area contributed by atoms with Crippen molar-refractivity contribution in [1.82, 2.24) is 5.32 Å². The molecule has 0 aliphatic heterocycles. The van der Waals surface area contributed by atoms with Crippen molar-refractivity contribution in [2.75, 3.05) is 19.0 Å². The van der Waals surface area contributed by atoms with Gasteiger partial charge in [-0.25, -0.2) is 4.79 Å². The van der Waals surface area contributed by atoms with E-state index in [1.165, 1.54) is 0 Å². The number of alkyl carbamates (subject to hydrolysis) is 1. The van der Waals surface area contributed by atoms with Gasteiger partial charge in [0.2, 0.25) is 0 Å². The van der Waals surface area contributed by atoms with E-state index in [2.05, 4.69) is 12.2 Å². The normalized spacial score (nSPS) is 9.86. The molecule has 1 N–H and O–H groups in total. The van der Waals surface area contributed by atoms with Gasteiger partial charge in [-0.15, -0.1) is 11.6 Å². The third-order valence-electron chi connectivity index (χ3n) is 1.81. The number of carbonyl (C=O) groups is 1. The highest BCUT2D eigenvalue weighted by molar-refractivity contribution is 6.17. The summed E-state index contributed by atoms with van der Waals surface area (Å²) < 4.78 is 4.94. The molecule has 84 valence electrons. The van der Waals surface area contributed by atoms with E-state index in [-0.39, 0.29) is 6.09 Å². The second kappa shape index (κ2) is 10.6. The average Bonchev–Trinajstić information content (AvgIpc) is 2.18. The Kier molecular flexibility index (Phi) is 10.3. The summed E-state index contributed by atoms with van der Waals surface area (Å²) in [5.41, 5.74) is 0. The number of hydrogen-bond acceptors (Lipinski definition) is 2. The number of carbonyl (C=O) groups excluding carboxylic acids is 1. The van der Waals surface area contributed by atoms with Crippen LogP contribution in [0.1, 0.15) is 39.0 Å². The van der Waals surface area contributed by atoms with E-state index in [9.17, 15) is 4.79 Å². The zero-order valence-corrected chi connectivity index (χ0v) is 9.61. The Morgan fingerprint density at radius 2 is 2.07 bits per heavy atom. The molecule has 0 aromatic heterocycles. The van der Waals surface area contributed by atoms with Crippen molar-refractivity contribution in [1.29, 1.82) is 0 Å². The molecule has 0 aliphatic rings. The van der Waals surface area contributed by atoms with Crippen molar-refractivity contribution in [3.05, 3.63) is 0 Å². The molecular formula is C10H20ClNO2. The van der Waals surface area contributed by atoms with Gasteiger partial charge in [-0.2, -0.15) is 0 Å². The van der Waals surface area contributed by atoms with E-state index in [4.69, 9.17) is 16.3 Å². The molecule has 0 saturated heterocycles. The van der Waals surface area contributed by atoms with Gasteiger partial charge in [0.25, 0.3) is 0 Å². The maximum atomic E-state index is 11.0. The maximum Gasteiger partial charge on any atom is 0.407 e. The standard InChI is InChI=1S/C10H20ClNO2/c1-2-3-8-12-10(13)14-9-6-4-5-7-11/h2-9H2,1H3,(H,12,13). The summed E-state index contributed by atoms with van der Waals surface area (Å²) in [5.74, 6) is 0.683. The Morgan fingerprint density at radius 1 is 1.29 bits per heavy atom. The van der Waals surface area contributed by atoms with Crippen LogP contribution in [0.4, 0.5) is 4.79 Å². The molecule has 0 rings (SSSR count). The highest BCUT2D eigenvalue weighted by Crippen LogP contribution is 1.97. The number of unbranched alkanes of at least 4 members (excludes halogenated alkanes) is 3. The van der Waals surface area contributed by atoms with Crippen molar-refractivity contribution in [3.63, 3.8) is 0 Å². The molecular weight excluding hydrogens is 202 g/mol. The summed E-state index contributed by atoms with van der Waals surface area (Å²) in [6.45, 7) is 3.28. The fraction of sp³-hybridized carbons (Fsp3) is 0.900. The summed E-state index contributed by atoms with van der Waals surface area (Å²) in [6, 6.07) is 0. The molecule has 0 spiro atoms.